The van der Waals surface area contributed by atoms with Crippen molar-refractivity contribution >= 4 is 27.5 Å². The molecule has 1 heterocycles. The third-order valence-corrected chi connectivity index (χ3v) is 2.37. The molecule has 0 aliphatic carbocycles. The molecule has 2 rings (SSSR count). The van der Waals surface area contributed by atoms with Crippen LogP contribution in [0, 0.1) is 0 Å². The molecule has 0 spiro atoms. The van der Waals surface area contributed by atoms with Crippen LogP contribution in [0.1, 0.15) is 5.56 Å². The van der Waals surface area contributed by atoms with Crippen LogP contribution >= 0.6 is 27.5 Å². The first-order valence-corrected chi connectivity index (χ1v) is 4.63. The summed E-state index contributed by atoms with van der Waals surface area (Å²) < 4.78 is 11.3. The van der Waals surface area contributed by atoms with Crippen LogP contribution < -0.4 is 4.74 Å². The van der Waals surface area contributed by atoms with Crippen LogP contribution in [0.15, 0.2) is 16.6 Å². The topological polar surface area (TPSA) is 18.5 Å². The van der Waals surface area contributed by atoms with Crippen molar-refractivity contribution in [2.24, 2.45) is 0 Å². The molecule has 0 saturated heterocycles. The molecule has 12 heavy (non-hydrogen) atoms. The van der Waals surface area contributed by atoms with Gasteiger partial charge in [0.25, 0.3) is 0 Å². The van der Waals surface area contributed by atoms with E-state index in [-0.39, 0.29) is 6.79 Å². The maximum Gasteiger partial charge on any atom is 0.189 e. The molecule has 0 N–H and O–H groups in total. The Kier molecular flexibility index (Phi) is 2.26. The lowest BCUT2D eigenvalue weighted by Gasteiger charge is -2.18. The largest absolute Gasteiger partial charge is 0.466 e. The minimum atomic E-state index is 0.286. The summed E-state index contributed by atoms with van der Waals surface area (Å²) in [7, 11) is 0. The fourth-order valence-corrected chi connectivity index (χ4v) is 2.07. The fourth-order valence-electron chi connectivity index (χ4n) is 1.13. The van der Waals surface area contributed by atoms with Crippen molar-refractivity contribution in [2.75, 3.05) is 6.79 Å². The average Bonchev–Trinajstić information content (AvgIpc) is 2.04. The Morgan fingerprint density at radius 2 is 2.25 bits per heavy atom. The second kappa shape index (κ2) is 3.24. The molecule has 0 amide bonds. The lowest BCUT2D eigenvalue weighted by Crippen LogP contribution is -2.11. The second-order valence-electron chi connectivity index (χ2n) is 2.49. The van der Waals surface area contributed by atoms with Crippen molar-refractivity contribution in [2.45, 2.75) is 6.61 Å². The third kappa shape index (κ3) is 1.44. The summed E-state index contributed by atoms with van der Waals surface area (Å²) in [5, 5.41) is 0.627. The van der Waals surface area contributed by atoms with Gasteiger partial charge in [0.05, 0.1) is 11.6 Å². The number of rotatable bonds is 0. The van der Waals surface area contributed by atoms with Gasteiger partial charge in [-0.1, -0.05) is 27.5 Å². The summed E-state index contributed by atoms with van der Waals surface area (Å²) >= 11 is 9.28. The molecular weight excluding hydrogens is 243 g/mol. The van der Waals surface area contributed by atoms with E-state index in [0.29, 0.717) is 11.6 Å². The zero-order chi connectivity index (χ0) is 8.55. The molecule has 2 nitrogen and oxygen atoms in total. The normalized spacial score (nSPS) is 15.2. The predicted octanol–water partition coefficient (Wildman–Crippen LogP) is 2.97. The van der Waals surface area contributed by atoms with Crippen molar-refractivity contribution < 1.29 is 9.47 Å². The first-order chi connectivity index (χ1) is 5.77. The Labute approximate surface area is 83.6 Å². The van der Waals surface area contributed by atoms with Crippen LogP contribution in [0.4, 0.5) is 0 Å². The van der Waals surface area contributed by atoms with Gasteiger partial charge in [-0.2, -0.15) is 0 Å². The molecule has 0 bridgehead atoms. The summed E-state index contributed by atoms with van der Waals surface area (Å²) in [6.07, 6.45) is 0. The van der Waals surface area contributed by atoms with E-state index < -0.39 is 0 Å². The predicted molar refractivity (Wildman–Crippen MR) is 49.4 cm³/mol. The third-order valence-electron chi connectivity index (χ3n) is 1.63. The van der Waals surface area contributed by atoms with Gasteiger partial charge < -0.3 is 9.47 Å². The van der Waals surface area contributed by atoms with Crippen molar-refractivity contribution in [3.05, 3.63) is 27.2 Å². The quantitative estimate of drug-likeness (QED) is 0.704. The van der Waals surface area contributed by atoms with Crippen LogP contribution in [0.3, 0.4) is 0 Å². The van der Waals surface area contributed by atoms with Gasteiger partial charge in [-0.05, 0) is 12.1 Å². The first kappa shape index (κ1) is 8.35. The minimum Gasteiger partial charge on any atom is -0.466 e. The Hall–Kier alpha value is -0.250. The standard InChI is InChI=1S/C8H6BrClO2/c9-6-1-5-3-11-4-12-8(5)7(10)2-6/h1-2H,3-4H2. The van der Waals surface area contributed by atoms with Gasteiger partial charge in [-0.15, -0.1) is 0 Å². The Morgan fingerprint density at radius 1 is 1.42 bits per heavy atom. The van der Waals surface area contributed by atoms with Crippen LogP contribution in [0.2, 0.25) is 5.02 Å². The zero-order valence-electron chi connectivity index (χ0n) is 6.14. The number of ether oxygens (including phenoxy) is 2. The van der Waals surface area contributed by atoms with Gasteiger partial charge >= 0.3 is 0 Å². The van der Waals surface area contributed by atoms with E-state index in [9.17, 15) is 0 Å². The SMILES string of the molecule is Clc1cc(Br)cc2c1OCOC2. The van der Waals surface area contributed by atoms with E-state index in [1.165, 1.54) is 0 Å². The lowest BCUT2D eigenvalue weighted by atomic mass is 10.2. The number of halogens is 2. The molecule has 0 radical (unpaired) electrons. The van der Waals surface area contributed by atoms with Gasteiger partial charge in [0.15, 0.2) is 6.79 Å². The number of hydrogen-bond acceptors (Lipinski definition) is 2. The Balaban J connectivity index is 2.53. The highest BCUT2D eigenvalue weighted by atomic mass is 79.9. The van der Waals surface area contributed by atoms with Crippen LogP contribution in [-0.4, -0.2) is 6.79 Å². The Bertz CT molecular complexity index is 314. The molecular formula is C8H6BrClO2. The second-order valence-corrected chi connectivity index (χ2v) is 3.81. The molecule has 1 aliphatic rings. The van der Waals surface area contributed by atoms with Gasteiger partial charge in [-0.25, -0.2) is 0 Å². The van der Waals surface area contributed by atoms with Crippen molar-refractivity contribution in [3.63, 3.8) is 0 Å². The molecule has 4 heteroatoms. The van der Waals surface area contributed by atoms with E-state index in [4.69, 9.17) is 21.1 Å². The van der Waals surface area contributed by atoms with Crippen molar-refractivity contribution in [3.8, 4) is 5.75 Å². The van der Waals surface area contributed by atoms with Gasteiger partial charge in [0.2, 0.25) is 0 Å². The highest BCUT2D eigenvalue weighted by Gasteiger charge is 2.14. The zero-order valence-corrected chi connectivity index (χ0v) is 8.48. The number of benzene rings is 1. The van der Waals surface area contributed by atoms with Crippen LogP contribution in [-0.2, 0) is 11.3 Å². The summed E-state index contributed by atoms with van der Waals surface area (Å²) in [4.78, 5) is 0. The van der Waals surface area contributed by atoms with E-state index >= 15 is 0 Å². The smallest absolute Gasteiger partial charge is 0.189 e. The van der Waals surface area contributed by atoms with Crippen LogP contribution in [0.5, 0.6) is 5.75 Å². The van der Waals surface area contributed by atoms with Gasteiger partial charge in [0, 0.05) is 10.0 Å². The average molecular weight is 249 g/mol. The molecule has 0 saturated carbocycles. The van der Waals surface area contributed by atoms with Gasteiger partial charge in [0.1, 0.15) is 5.75 Å². The molecule has 1 aromatic rings. The maximum atomic E-state index is 5.94. The molecule has 64 valence electrons. The van der Waals surface area contributed by atoms with Crippen LogP contribution in [0.25, 0.3) is 0 Å². The highest BCUT2D eigenvalue weighted by Crippen LogP contribution is 2.34. The van der Waals surface area contributed by atoms with Crippen molar-refractivity contribution in [1.82, 2.24) is 0 Å². The molecule has 0 fully saturated rings. The fraction of sp³-hybridized carbons (Fsp3) is 0.250. The first-order valence-electron chi connectivity index (χ1n) is 3.46. The summed E-state index contributed by atoms with van der Waals surface area (Å²) in [5.41, 5.74) is 0.987. The van der Waals surface area contributed by atoms with E-state index in [1.807, 2.05) is 12.1 Å². The Morgan fingerprint density at radius 3 is 3.08 bits per heavy atom. The summed E-state index contributed by atoms with van der Waals surface area (Å²) in [6.45, 7) is 0.850. The monoisotopic (exact) mass is 248 g/mol. The van der Waals surface area contributed by atoms with E-state index in [0.717, 1.165) is 15.8 Å². The van der Waals surface area contributed by atoms with Crippen molar-refractivity contribution in [1.29, 1.82) is 0 Å². The number of hydrogen-bond donors (Lipinski definition) is 0. The minimum absolute atomic E-state index is 0.286. The number of fused-ring (bicyclic) bond motifs is 1. The van der Waals surface area contributed by atoms with E-state index in [1.54, 1.807) is 0 Å². The molecule has 0 aromatic heterocycles. The van der Waals surface area contributed by atoms with Gasteiger partial charge in [-0.3, -0.25) is 0 Å². The highest BCUT2D eigenvalue weighted by molar-refractivity contribution is 9.10. The lowest BCUT2D eigenvalue weighted by molar-refractivity contribution is -0.0163. The molecule has 0 atom stereocenters. The molecule has 1 aromatic carbocycles. The summed E-state index contributed by atoms with van der Waals surface area (Å²) in [5.74, 6) is 0.742. The summed E-state index contributed by atoms with van der Waals surface area (Å²) in [6, 6.07) is 3.76. The van der Waals surface area contributed by atoms with E-state index in [2.05, 4.69) is 15.9 Å². The maximum absolute atomic E-state index is 5.94. The molecule has 1 aliphatic heterocycles. The molecule has 0 unspecified atom stereocenters.